The maximum absolute atomic E-state index is 11.1. The Morgan fingerprint density at radius 2 is 1.97 bits per heavy atom. The maximum atomic E-state index is 11.1. The lowest BCUT2D eigenvalue weighted by atomic mass is 9.90. The van der Waals surface area contributed by atoms with Crippen LogP contribution in [-0.2, 0) is 9.47 Å². The minimum absolute atomic E-state index is 0.0461. The number of carboxylic acids is 1. The van der Waals surface area contributed by atoms with Gasteiger partial charge in [-0.15, -0.1) is 22.9 Å². The van der Waals surface area contributed by atoms with Crippen molar-refractivity contribution in [1.82, 2.24) is 0 Å². The van der Waals surface area contributed by atoms with Crippen molar-refractivity contribution in [3.05, 3.63) is 67.8 Å². The van der Waals surface area contributed by atoms with Crippen molar-refractivity contribution in [3.63, 3.8) is 0 Å². The fourth-order valence-corrected chi connectivity index (χ4v) is 6.36. The molecule has 2 heterocycles. The van der Waals surface area contributed by atoms with Gasteiger partial charge in [0.05, 0.1) is 6.10 Å². The summed E-state index contributed by atoms with van der Waals surface area (Å²) in [6.07, 6.45) is 12.6. The Bertz CT molecular complexity index is 1020. The number of ether oxygens (including phenoxy) is 2. The number of allylic oxidation sites excluding steroid dienone is 1. The third-order valence-corrected chi connectivity index (χ3v) is 8.21. The highest BCUT2D eigenvalue weighted by molar-refractivity contribution is 7.14. The molecule has 0 amide bonds. The Kier molecular flexibility index (Phi) is 9.14. The van der Waals surface area contributed by atoms with Crippen LogP contribution in [0, 0.1) is 11.8 Å². The van der Waals surface area contributed by atoms with Crippen LogP contribution in [0.4, 0.5) is 0 Å². The molecule has 1 aromatic carbocycles. The second-order valence-electron chi connectivity index (χ2n) is 8.67. The van der Waals surface area contributed by atoms with E-state index in [-0.39, 0.29) is 29.6 Å². The molecular formula is C26H27Cl3O4S. The molecule has 2 fully saturated rings. The molecule has 1 unspecified atom stereocenters. The fourth-order valence-electron chi connectivity index (χ4n) is 4.59. The summed E-state index contributed by atoms with van der Waals surface area (Å²) in [5, 5.41) is 10.3. The quantitative estimate of drug-likeness (QED) is 0.344. The van der Waals surface area contributed by atoms with Crippen LogP contribution in [0.1, 0.15) is 52.2 Å². The van der Waals surface area contributed by atoms with E-state index in [0.717, 1.165) is 49.2 Å². The number of carboxylic acid groups (broad SMARTS) is 1. The van der Waals surface area contributed by atoms with E-state index in [1.807, 2.05) is 30.4 Å². The summed E-state index contributed by atoms with van der Waals surface area (Å²) in [6, 6.07) is 8.92. The summed E-state index contributed by atoms with van der Waals surface area (Å²) in [4.78, 5) is 12.4. The molecule has 1 saturated carbocycles. The van der Waals surface area contributed by atoms with Crippen LogP contribution >= 0.6 is 46.1 Å². The van der Waals surface area contributed by atoms with E-state index < -0.39 is 5.97 Å². The van der Waals surface area contributed by atoms with Gasteiger partial charge in [0.2, 0.25) is 0 Å². The van der Waals surface area contributed by atoms with Gasteiger partial charge in [-0.25, -0.2) is 4.79 Å². The smallest absolute Gasteiger partial charge is 0.345 e. The molecule has 8 heteroatoms. The summed E-state index contributed by atoms with van der Waals surface area (Å²) in [7, 11) is 0. The SMILES string of the molecule is O=C(O)c1ccc(/C=C/C[C@@H]2[C@@H](C=Cc3cc(Cl)cc(Cl)c3)[C@H](OC3CCCCO3)C[C@H]2Cl)s1. The van der Waals surface area contributed by atoms with E-state index in [1.165, 1.54) is 11.3 Å². The van der Waals surface area contributed by atoms with E-state index in [2.05, 4.69) is 12.2 Å². The van der Waals surface area contributed by atoms with Gasteiger partial charge in [0.25, 0.3) is 0 Å². The number of rotatable bonds is 8. The Morgan fingerprint density at radius 1 is 1.18 bits per heavy atom. The third-order valence-electron chi connectivity index (χ3n) is 6.23. The summed E-state index contributed by atoms with van der Waals surface area (Å²) >= 11 is 20.5. The minimum atomic E-state index is -0.905. The normalized spacial score (nSPS) is 27.7. The number of carbonyl (C=O) groups is 1. The van der Waals surface area contributed by atoms with Crippen LogP contribution in [0.25, 0.3) is 12.2 Å². The molecule has 182 valence electrons. The van der Waals surface area contributed by atoms with Gasteiger partial charge in [-0.2, -0.15) is 0 Å². The van der Waals surface area contributed by atoms with Gasteiger partial charge in [0.15, 0.2) is 6.29 Å². The van der Waals surface area contributed by atoms with Crippen molar-refractivity contribution in [2.45, 2.75) is 49.9 Å². The zero-order chi connectivity index (χ0) is 24.1. The van der Waals surface area contributed by atoms with Gasteiger partial charge >= 0.3 is 5.97 Å². The lowest BCUT2D eigenvalue weighted by Gasteiger charge is -2.29. The second-order valence-corrected chi connectivity index (χ2v) is 11.2. The fraction of sp³-hybridized carbons (Fsp3) is 0.423. The van der Waals surface area contributed by atoms with Crippen LogP contribution < -0.4 is 0 Å². The van der Waals surface area contributed by atoms with Crippen molar-refractivity contribution in [2.75, 3.05) is 6.61 Å². The van der Waals surface area contributed by atoms with E-state index in [9.17, 15) is 4.79 Å². The first kappa shape index (κ1) is 25.7. The number of hydrogen-bond donors (Lipinski definition) is 1. The Labute approximate surface area is 219 Å². The van der Waals surface area contributed by atoms with E-state index in [4.69, 9.17) is 49.4 Å². The van der Waals surface area contributed by atoms with E-state index in [1.54, 1.807) is 12.1 Å². The summed E-state index contributed by atoms with van der Waals surface area (Å²) in [5.41, 5.74) is 0.928. The molecule has 4 rings (SSSR count). The van der Waals surface area contributed by atoms with Crippen molar-refractivity contribution in [2.24, 2.45) is 11.8 Å². The highest BCUT2D eigenvalue weighted by Gasteiger charge is 2.42. The third kappa shape index (κ3) is 6.87. The molecule has 2 aromatic rings. The standard InChI is InChI=1S/C26H27Cl3O4S/c27-17-12-16(13-18(28)14-17)7-9-21-20(5-3-4-19-8-10-24(34-19)26(30)31)22(29)15-23(21)33-25-6-1-2-11-32-25/h3-4,7-10,12-14,20-23,25H,1-2,5-6,11,15H2,(H,30,31)/b4-3+,9-7?/t20-,21-,22-,23-,25?/m1/s1. The maximum Gasteiger partial charge on any atom is 0.345 e. The van der Waals surface area contributed by atoms with Gasteiger partial charge in [-0.05, 0) is 80.0 Å². The number of halogens is 3. The van der Waals surface area contributed by atoms with Gasteiger partial charge < -0.3 is 14.6 Å². The van der Waals surface area contributed by atoms with Crippen molar-refractivity contribution < 1.29 is 19.4 Å². The first-order valence-corrected chi connectivity index (χ1v) is 13.4. The molecule has 34 heavy (non-hydrogen) atoms. The van der Waals surface area contributed by atoms with Gasteiger partial charge in [-0.1, -0.05) is 41.4 Å². The van der Waals surface area contributed by atoms with Gasteiger partial charge in [-0.3, -0.25) is 0 Å². The van der Waals surface area contributed by atoms with Crippen molar-refractivity contribution in [3.8, 4) is 0 Å². The molecule has 0 spiro atoms. The van der Waals surface area contributed by atoms with E-state index >= 15 is 0 Å². The number of aromatic carboxylic acids is 1. The molecule has 0 bridgehead atoms. The number of thiophene rings is 1. The van der Waals surface area contributed by atoms with Crippen molar-refractivity contribution in [1.29, 1.82) is 0 Å². The van der Waals surface area contributed by atoms with Crippen LogP contribution in [0.2, 0.25) is 10.0 Å². The molecule has 1 aliphatic heterocycles. The molecule has 5 atom stereocenters. The van der Waals surface area contributed by atoms with Crippen LogP contribution in [0.15, 0.2) is 42.5 Å². The molecule has 4 nitrogen and oxygen atoms in total. The van der Waals surface area contributed by atoms with E-state index in [0.29, 0.717) is 14.9 Å². The molecule has 1 saturated heterocycles. The summed E-state index contributed by atoms with van der Waals surface area (Å²) in [5.74, 6) is -0.651. The topological polar surface area (TPSA) is 55.8 Å². The minimum Gasteiger partial charge on any atom is -0.477 e. The van der Waals surface area contributed by atoms with Crippen LogP contribution in [0.5, 0.6) is 0 Å². The van der Waals surface area contributed by atoms with Crippen LogP contribution in [-0.4, -0.2) is 35.5 Å². The van der Waals surface area contributed by atoms with Gasteiger partial charge in [0.1, 0.15) is 4.88 Å². The highest BCUT2D eigenvalue weighted by atomic mass is 35.5. The van der Waals surface area contributed by atoms with Crippen LogP contribution in [0.3, 0.4) is 0 Å². The molecule has 1 N–H and O–H groups in total. The first-order chi connectivity index (χ1) is 16.4. The van der Waals surface area contributed by atoms with Gasteiger partial charge in [0, 0.05) is 32.8 Å². The number of alkyl halides is 1. The molecule has 0 radical (unpaired) electrons. The largest absolute Gasteiger partial charge is 0.477 e. The number of hydrogen-bond acceptors (Lipinski definition) is 4. The molecular weight excluding hydrogens is 515 g/mol. The summed E-state index contributed by atoms with van der Waals surface area (Å²) < 4.78 is 12.2. The molecule has 1 aromatic heterocycles. The Balaban J connectivity index is 1.51. The average molecular weight is 542 g/mol. The first-order valence-electron chi connectivity index (χ1n) is 11.4. The zero-order valence-electron chi connectivity index (χ0n) is 18.5. The second kappa shape index (κ2) is 12.1. The summed E-state index contributed by atoms with van der Waals surface area (Å²) in [6.45, 7) is 0.731. The lowest BCUT2D eigenvalue weighted by molar-refractivity contribution is -0.192. The average Bonchev–Trinajstić information content (AvgIpc) is 3.37. The highest BCUT2D eigenvalue weighted by Crippen LogP contribution is 2.42. The monoisotopic (exact) mass is 540 g/mol. The predicted octanol–water partition coefficient (Wildman–Crippen LogP) is 8.03. The predicted molar refractivity (Wildman–Crippen MR) is 140 cm³/mol. The zero-order valence-corrected chi connectivity index (χ0v) is 21.6. The Hall–Kier alpha value is -1.34. The lowest BCUT2D eigenvalue weighted by Crippen LogP contribution is -2.30. The molecule has 2 aliphatic rings. The Morgan fingerprint density at radius 3 is 2.65 bits per heavy atom. The van der Waals surface area contributed by atoms with Crippen molar-refractivity contribution >= 4 is 64.3 Å². The molecule has 1 aliphatic carbocycles. The number of benzene rings is 1.